The zero-order chi connectivity index (χ0) is 16.2. The summed E-state index contributed by atoms with van der Waals surface area (Å²) < 4.78 is 25.9. The topological polar surface area (TPSA) is 54.4 Å². The zero-order valence-corrected chi connectivity index (χ0v) is 15.1. The van der Waals surface area contributed by atoms with Crippen LogP contribution in [0.25, 0.3) is 0 Å². The lowest BCUT2D eigenvalue weighted by molar-refractivity contribution is 0.490. The lowest BCUT2D eigenvalue weighted by atomic mass is 10.1. The van der Waals surface area contributed by atoms with Crippen molar-refractivity contribution in [1.82, 2.24) is 0 Å². The van der Waals surface area contributed by atoms with E-state index in [-0.39, 0.29) is 0 Å². The molecule has 0 saturated carbocycles. The molecule has 0 aromatic carbocycles. The lowest BCUT2D eigenvalue weighted by Crippen LogP contribution is -1.88. The second-order valence-electron chi connectivity index (χ2n) is 4.15. The SMILES string of the molecule is CC.CCCC.CCCCCCCC.CS(=O)(=O)O. The van der Waals surface area contributed by atoms with E-state index in [1.54, 1.807) is 0 Å². The van der Waals surface area contributed by atoms with Crippen molar-refractivity contribution in [2.75, 3.05) is 6.26 Å². The van der Waals surface area contributed by atoms with E-state index in [0.717, 1.165) is 0 Å². The van der Waals surface area contributed by atoms with Gasteiger partial charge in [-0.25, -0.2) is 0 Å². The van der Waals surface area contributed by atoms with Gasteiger partial charge in [-0.3, -0.25) is 4.55 Å². The van der Waals surface area contributed by atoms with Crippen LogP contribution >= 0.6 is 0 Å². The molecule has 0 aliphatic heterocycles. The molecule has 0 aromatic heterocycles. The minimum atomic E-state index is -3.67. The van der Waals surface area contributed by atoms with Gasteiger partial charge in [-0.05, 0) is 0 Å². The highest BCUT2D eigenvalue weighted by molar-refractivity contribution is 7.85. The van der Waals surface area contributed by atoms with Crippen molar-refractivity contribution in [3.63, 3.8) is 0 Å². The quantitative estimate of drug-likeness (QED) is 0.505. The molecular weight excluding hydrogens is 260 g/mol. The smallest absolute Gasteiger partial charge is 0.261 e. The van der Waals surface area contributed by atoms with Crippen molar-refractivity contribution in [1.29, 1.82) is 0 Å². The first-order valence-electron chi connectivity index (χ1n) is 7.75. The molecule has 0 radical (unpaired) electrons. The minimum Gasteiger partial charge on any atom is -0.286 e. The van der Waals surface area contributed by atoms with Crippen molar-refractivity contribution in [3.05, 3.63) is 0 Å². The molecule has 3 nitrogen and oxygen atoms in total. The van der Waals surface area contributed by atoms with Crippen LogP contribution in [-0.2, 0) is 10.1 Å². The summed E-state index contributed by atoms with van der Waals surface area (Å²) in [6.45, 7) is 12.9. The van der Waals surface area contributed by atoms with Crippen LogP contribution in [0.4, 0.5) is 0 Å². The first kappa shape index (κ1) is 27.3. The van der Waals surface area contributed by atoms with E-state index in [4.69, 9.17) is 4.55 Å². The van der Waals surface area contributed by atoms with E-state index in [0.29, 0.717) is 6.26 Å². The van der Waals surface area contributed by atoms with Gasteiger partial charge in [0.15, 0.2) is 0 Å². The van der Waals surface area contributed by atoms with Crippen LogP contribution in [0.2, 0.25) is 0 Å². The number of hydrogen-bond donors (Lipinski definition) is 1. The second-order valence-corrected chi connectivity index (χ2v) is 5.61. The average molecular weight is 299 g/mol. The van der Waals surface area contributed by atoms with Gasteiger partial charge in [-0.15, -0.1) is 0 Å². The number of unbranched alkanes of at least 4 members (excludes halogenated alkanes) is 6. The summed E-state index contributed by atoms with van der Waals surface area (Å²) in [6, 6.07) is 0. The van der Waals surface area contributed by atoms with Crippen molar-refractivity contribution >= 4 is 10.1 Å². The molecule has 0 atom stereocenters. The summed E-state index contributed by atoms with van der Waals surface area (Å²) >= 11 is 0. The Bertz CT molecular complexity index is 183. The molecule has 0 aliphatic rings. The van der Waals surface area contributed by atoms with Gasteiger partial charge in [0.2, 0.25) is 0 Å². The third-order valence-electron chi connectivity index (χ3n) is 1.96. The van der Waals surface area contributed by atoms with Crippen molar-refractivity contribution in [3.8, 4) is 0 Å². The molecule has 0 heterocycles. The molecule has 0 aromatic rings. The molecule has 0 saturated heterocycles. The molecule has 0 aliphatic carbocycles. The Kier molecular flexibility index (Phi) is 38.0. The van der Waals surface area contributed by atoms with Crippen LogP contribution in [0.1, 0.15) is 92.9 Å². The molecule has 122 valence electrons. The summed E-state index contributed by atoms with van der Waals surface area (Å²) in [5.74, 6) is 0. The van der Waals surface area contributed by atoms with Gasteiger partial charge in [-0.2, -0.15) is 8.42 Å². The molecule has 0 spiro atoms. The standard InChI is InChI=1S/C8H18.C4H10.C2H6.CH4O3S/c1-3-5-7-8-6-4-2;1-3-4-2;1-2;1-5(2,3)4/h3-8H2,1-2H3;3-4H2,1-2H3;1-2H3;1H3,(H,2,3,4). The molecule has 0 unspecified atom stereocenters. The third kappa shape index (κ3) is 130. The van der Waals surface area contributed by atoms with Crippen LogP contribution in [0.5, 0.6) is 0 Å². The van der Waals surface area contributed by atoms with Crippen LogP contribution < -0.4 is 0 Å². The maximum absolute atomic E-state index is 9.19. The first-order chi connectivity index (χ1) is 8.83. The van der Waals surface area contributed by atoms with Crippen molar-refractivity contribution in [2.24, 2.45) is 0 Å². The Balaban J connectivity index is -0.0000000886. The highest BCUT2D eigenvalue weighted by Gasteiger charge is 1.83. The van der Waals surface area contributed by atoms with E-state index >= 15 is 0 Å². The second kappa shape index (κ2) is 26.5. The van der Waals surface area contributed by atoms with Crippen LogP contribution in [0.15, 0.2) is 0 Å². The van der Waals surface area contributed by atoms with Gasteiger partial charge in [-0.1, -0.05) is 92.9 Å². The number of rotatable bonds is 6. The molecule has 0 bridgehead atoms. The van der Waals surface area contributed by atoms with Crippen LogP contribution in [0.3, 0.4) is 0 Å². The Morgan fingerprint density at radius 1 is 0.684 bits per heavy atom. The summed E-state index contributed by atoms with van der Waals surface area (Å²) in [5.41, 5.74) is 0. The van der Waals surface area contributed by atoms with E-state index in [1.807, 2.05) is 13.8 Å². The van der Waals surface area contributed by atoms with Gasteiger partial charge in [0.25, 0.3) is 10.1 Å². The fourth-order valence-electron chi connectivity index (χ4n) is 0.854. The molecule has 0 fully saturated rings. The van der Waals surface area contributed by atoms with E-state index < -0.39 is 10.1 Å². The monoisotopic (exact) mass is 298 g/mol. The van der Waals surface area contributed by atoms with E-state index in [2.05, 4.69) is 27.7 Å². The maximum Gasteiger partial charge on any atom is 0.261 e. The van der Waals surface area contributed by atoms with Gasteiger partial charge >= 0.3 is 0 Å². The predicted molar refractivity (Wildman–Crippen MR) is 88.5 cm³/mol. The summed E-state index contributed by atoms with van der Waals surface area (Å²) in [5, 5.41) is 0. The van der Waals surface area contributed by atoms with Crippen LogP contribution in [0, 0.1) is 0 Å². The molecule has 1 N–H and O–H groups in total. The van der Waals surface area contributed by atoms with E-state index in [1.165, 1.54) is 51.4 Å². The maximum atomic E-state index is 9.19. The highest BCUT2D eigenvalue weighted by atomic mass is 32.2. The predicted octanol–water partition coefficient (Wildman–Crippen LogP) is 5.70. The Morgan fingerprint density at radius 2 is 0.895 bits per heavy atom. The zero-order valence-electron chi connectivity index (χ0n) is 14.3. The fraction of sp³-hybridized carbons (Fsp3) is 1.00. The Hall–Kier alpha value is -0.0900. The molecule has 19 heavy (non-hydrogen) atoms. The molecule has 4 heteroatoms. The van der Waals surface area contributed by atoms with Crippen molar-refractivity contribution < 1.29 is 13.0 Å². The number of hydrogen-bond acceptors (Lipinski definition) is 2. The van der Waals surface area contributed by atoms with Gasteiger partial charge in [0.05, 0.1) is 6.26 Å². The fourth-order valence-corrected chi connectivity index (χ4v) is 0.854. The first-order valence-corrected chi connectivity index (χ1v) is 9.60. The van der Waals surface area contributed by atoms with E-state index in [9.17, 15) is 8.42 Å². The van der Waals surface area contributed by atoms with Crippen molar-refractivity contribution in [2.45, 2.75) is 92.9 Å². The normalized spacial score (nSPS) is 9.05. The van der Waals surface area contributed by atoms with Gasteiger partial charge in [0, 0.05) is 0 Å². The summed E-state index contributed by atoms with van der Waals surface area (Å²) in [4.78, 5) is 0. The molecule has 0 rings (SSSR count). The van der Waals surface area contributed by atoms with Gasteiger partial charge < -0.3 is 0 Å². The minimum absolute atomic E-state index is 0.715. The highest BCUT2D eigenvalue weighted by Crippen LogP contribution is 2.03. The third-order valence-corrected chi connectivity index (χ3v) is 1.96. The molecule has 0 amide bonds. The Morgan fingerprint density at radius 3 is 1.00 bits per heavy atom. The molecular formula is C15H38O3S. The van der Waals surface area contributed by atoms with Gasteiger partial charge in [0.1, 0.15) is 0 Å². The lowest BCUT2D eigenvalue weighted by Gasteiger charge is -1.93. The summed E-state index contributed by atoms with van der Waals surface area (Å²) in [7, 11) is -3.67. The summed E-state index contributed by atoms with van der Waals surface area (Å²) in [6.07, 6.45) is 11.8. The Labute approximate surface area is 122 Å². The van der Waals surface area contributed by atoms with Crippen LogP contribution in [-0.4, -0.2) is 19.2 Å². The average Bonchev–Trinajstić information content (AvgIpc) is 2.35. The largest absolute Gasteiger partial charge is 0.286 e.